The minimum absolute atomic E-state index is 0.119. The van der Waals surface area contributed by atoms with E-state index in [4.69, 9.17) is 0 Å². The molecular formula is C119H124F6N12. The second-order valence-corrected chi connectivity index (χ2v) is 35.0. The number of benzene rings is 12. The van der Waals surface area contributed by atoms with Crippen molar-refractivity contribution in [2.75, 3.05) is 0 Å². The zero-order valence-electron chi connectivity index (χ0n) is 81.3. The van der Waals surface area contributed by atoms with Gasteiger partial charge in [-0.25, -0.2) is 26.3 Å². The van der Waals surface area contributed by atoms with E-state index in [1.165, 1.54) is 109 Å². The average molecular weight is 1840 g/mol. The topological polar surface area (TPSA) is 107 Å². The van der Waals surface area contributed by atoms with Crippen molar-refractivity contribution in [1.29, 1.82) is 0 Å². The van der Waals surface area contributed by atoms with Gasteiger partial charge >= 0.3 is 0 Å². The molecule has 702 valence electrons. The molecule has 0 bridgehead atoms. The Morgan fingerprint density at radius 3 is 0.737 bits per heavy atom. The predicted octanol–water partition coefficient (Wildman–Crippen LogP) is 28.0. The largest absolute Gasteiger partial charge is 0.268 e. The molecule has 0 unspecified atom stereocenters. The quantitative estimate of drug-likeness (QED) is 0.0475. The molecule has 0 aliphatic carbocycles. The number of aryl methyl sites for hydroxylation is 25. The summed E-state index contributed by atoms with van der Waals surface area (Å²) in [4.78, 5) is 0. The van der Waals surface area contributed by atoms with Crippen molar-refractivity contribution in [3.05, 3.63) is 462 Å². The molecule has 0 amide bonds. The van der Waals surface area contributed by atoms with Crippen molar-refractivity contribution >= 4 is 0 Å². The van der Waals surface area contributed by atoms with Gasteiger partial charge in [-0.1, -0.05) is 237 Å². The minimum Gasteiger partial charge on any atom is -0.268 e. The fourth-order valence-electron chi connectivity index (χ4n) is 17.1. The van der Waals surface area contributed by atoms with E-state index >= 15 is 0 Å². The summed E-state index contributed by atoms with van der Waals surface area (Å²) in [6.07, 6.45) is 9.57. The molecule has 0 fully saturated rings. The van der Waals surface area contributed by atoms with Crippen LogP contribution in [0, 0.1) is 90.3 Å². The van der Waals surface area contributed by atoms with Crippen LogP contribution in [0.15, 0.2) is 315 Å². The van der Waals surface area contributed by atoms with E-state index in [1.807, 2.05) is 160 Å². The molecule has 0 spiro atoms. The Labute approximate surface area is 804 Å². The van der Waals surface area contributed by atoms with E-state index in [0.717, 1.165) is 155 Å². The fourth-order valence-corrected chi connectivity index (χ4v) is 17.1. The summed E-state index contributed by atoms with van der Waals surface area (Å²) in [7, 11) is 5.94. The molecule has 0 atom stereocenters. The molecule has 12 nitrogen and oxygen atoms in total. The van der Waals surface area contributed by atoms with Crippen molar-refractivity contribution in [2.45, 2.75) is 173 Å². The smallest absolute Gasteiger partial charge is 0.132 e. The van der Waals surface area contributed by atoms with Crippen LogP contribution in [0.5, 0.6) is 0 Å². The van der Waals surface area contributed by atoms with Crippen LogP contribution in [0.2, 0.25) is 0 Å². The zero-order valence-corrected chi connectivity index (χ0v) is 81.3. The third-order valence-corrected chi connectivity index (χ3v) is 24.7. The van der Waals surface area contributed by atoms with Gasteiger partial charge in [-0.15, -0.1) is 0 Å². The lowest BCUT2D eigenvalue weighted by Gasteiger charge is -2.08. The molecule has 18 heteroatoms. The standard InChI is InChI=1S/2C20H20F2N2.C20H21FN2.2C20H22N2.C19H19FN2/c1-3-24-20(13-14(2)23-24)16-10-7-15(8-11-16)9-12-17-18(21)5-4-6-19(17)22;1-3-24-20(12-14(2)23-24)17-11-9-15(13-19(17)22)8-10-16-6-4-5-7-18(16)21;1-3-23-20(14-15(2)22-23)18-12-9-16(10-13-18)8-11-17-6-4-5-7-19(17)21;2*1-15-6-4-5-7-18(15)11-8-17-9-12-19(13-10-17)20-14-16(2)21-22(20)3;1-14-13-19(22(2)21-14)17-11-8-15(9-12-17)7-10-16-5-3-4-6-18(16)20/h4-8,10-11,13H,3,9,12H2,1-2H3;4-7,9,11-13H,3,8,10H2,1-2H3;4-7,9-10,12-14H,3,8,11H2,1-2H3;2*4-7,9-10,12-14H,8,11H2,1-3H3;3-6,8-9,11-13H,7,10H2,1-2H3. The zero-order chi connectivity index (χ0) is 97.0. The average Bonchev–Trinajstić information content (AvgIpc) is 1.72. The molecule has 18 aromatic rings. The summed E-state index contributed by atoms with van der Waals surface area (Å²) in [6.45, 7) is 24.8. The number of nitrogens with zero attached hydrogens (tertiary/aromatic N) is 12. The van der Waals surface area contributed by atoms with Gasteiger partial charge in [0.15, 0.2) is 0 Å². The molecule has 0 N–H and O–H groups in total. The summed E-state index contributed by atoms with van der Waals surface area (Å²) in [6, 6.07) is 102. The highest BCUT2D eigenvalue weighted by Crippen LogP contribution is 2.31. The molecule has 18 rings (SSSR count). The predicted molar refractivity (Wildman–Crippen MR) is 547 cm³/mol. The van der Waals surface area contributed by atoms with Gasteiger partial charge < -0.3 is 0 Å². The minimum atomic E-state index is -0.478. The van der Waals surface area contributed by atoms with E-state index in [9.17, 15) is 26.3 Å². The first-order chi connectivity index (χ1) is 66.2. The number of halogens is 6. The normalized spacial score (nSPS) is 10.9. The van der Waals surface area contributed by atoms with Crippen molar-refractivity contribution < 1.29 is 26.3 Å². The highest BCUT2D eigenvalue weighted by atomic mass is 19.2. The van der Waals surface area contributed by atoms with Gasteiger partial charge in [0, 0.05) is 51.9 Å². The van der Waals surface area contributed by atoms with Crippen LogP contribution in [-0.4, -0.2) is 58.7 Å². The summed E-state index contributed by atoms with van der Waals surface area (Å²) < 4.78 is 94.4. The number of aromatic nitrogens is 12. The highest BCUT2D eigenvalue weighted by molar-refractivity contribution is 5.66. The lowest BCUT2D eigenvalue weighted by molar-refractivity contribution is 0.554. The number of hydrogen-bond acceptors (Lipinski definition) is 6. The molecular weight excluding hydrogens is 1710 g/mol. The van der Waals surface area contributed by atoms with Crippen LogP contribution in [0.4, 0.5) is 26.3 Å². The van der Waals surface area contributed by atoms with Gasteiger partial charge in [-0.2, -0.15) is 30.6 Å². The fraction of sp³-hybridized carbons (Fsp3) is 0.244. The summed E-state index contributed by atoms with van der Waals surface area (Å²) in [5.41, 5.74) is 34.0. The van der Waals surface area contributed by atoms with E-state index in [0.29, 0.717) is 43.4 Å². The Morgan fingerprint density at radius 1 is 0.204 bits per heavy atom. The lowest BCUT2D eigenvalue weighted by Crippen LogP contribution is -2.01. The van der Waals surface area contributed by atoms with E-state index in [2.05, 4.69) is 234 Å². The monoisotopic (exact) mass is 1830 g/mol. The molecule has 0 radical (unpaired) electrons. The van der Waals surface area contributed by atoms with Gasteiger partial charge in [-0.3, -0.25) is 28.1 Å². The maximum atomic E-state index is 14.6. The van der Waals surface area contributed by atoms with Crippen molar-refractivity contribution in [3.8, 4) is 67.5 Å². The first kappa shape index (κ1) is 99.9. The molecule has 0 aliphatic rings. The molecule has 137 heavy (non-hydrogen) atoms. The van der Waals surface area contributed by atoms with E-state index < -0.39 is 11.6 Å². The van der Waals surface area contributed by atoms with Crippen LogP contribution in [0.3, 0.4) is 0 Å². The Balaban J connectivity index is 0.000000139. The molecule has 0 aliphatic heterocycles. The number of hydrogen-bond donors (Lipinski definition) is 0. The van der Waals surface area contributed by atoms with Crippen molar-refractivity contribution in [3.63, 3.8) is 0 Å². The van der Waals surface area contributed by atoms with Crippen LogP contribution in [-0.2, 0) is 118 Å². The van der Waals surface area contributed by atoms with Crippen molar-refractivity contribution in [2.24, 2.45) is 21.1 Å². The Kier molecular flexibility index (Phi) is 35.5. The van der Waals surface area contributed by atoms with E-state index in [-0.39, 0.29) is 28.8 Å². The SMILES string of the molecule is CCn1nc(C)cc1-c1ccc(CCc2c(F)cccc2F)cc1.CCn1nc(C)cc1-c1ccc(CCc2ccccc2F)cc1.CCn1nc(C)cc1-c1ccc(CCc2ccccc2F)cc1F.Cc1cc(-c2ccc(CCc3ccccc3C)cc2)n(C)n1.Cc1cc(-c2ccc(CCc3ccccc3C)cc2)n(C)n1.Cc1cc(-c2ccc(CCc3ccccc3F)cc2)n(C)n1. The molecule has 0 saturated carbocycles. The maximum Gasteiger partial charge on any atom is 0.132 e. The third kappa shape index (κ3) is 27.9. The third-order valence-electron chi connectivity index (χ3n) is 24.7. The van der Waals surface area contributed by atoms with Gasteiger partial charge in [0.05, 0.1) is 68.3 Å². The van der Waals surface area contributed by atoms with Gasteiger partial charge in [-0.05, 0) is 332 Å². The second kappa shape index (κ2) is 48.6. The van der Waals surface area contributed by atoms with Gasteiger partial charge in [0.1, 0.15) is 34.9 Å². The number of rotatable bonds is 27. The maximum absolute atomic E-state index is 14.6. The highest BCUT2D eigenvalue weighted by Gasteiger charge is 2.18. The first-order valence-corrected chi connectivity index (χ1v) is 47.4. The van der Waals surface area contributed by atoms with Crippen LogP contribution < -0.4 is 0 Å². The molecule has 6 aromatic heterocycles. The van der Waals surface area contributed by atoms with Crippen LogP contribution in [0.1, 0.15) is 133 Å². The van der Waals surface area contributed by atoms with Crippen LogP contribution >= 0.6 is 0 Å². The summed E-state index contributed by atoms with van der Waals surface area (Å²) >= 11 is 0. The molecule has 0 saturated heterocycles. The lowest BCUT2D eigenvalue weighted by atomic mass is 9.99. The molecule has 12 aromatic carbocycles. The summed E-state index contributed by atoms with van der Waals surface area (Å²) in [5.74, 6) is -1.67. The van der Waals surface area contributed by atoms with Crippen LogP contribution in [0.25, 0.3) is 67.5 Å². The van der Waals surface area contributed by atoms with Gasteiger partial charge in [0.25, 0.3) is 0 Å². The Morgan fingerprint density at radius 2 is 0.445 bits per heavy atom. The second-order valence-electron chi connectivity index (χ2n) is 35.0. The summed E-state index contributed by atoms with van der Waals surface area (Å²) in [5, 5.41) is 26.5. The van der Waals surface area contributed by atoms with E-state index in [1.54, 1.807) is 41.1 Å². The van der Waals surface area contributed by atoms with Crippen molar-refractivity contribution in [1.82, 2.24) is 58.7 Å². The Bertz CT molecular complexity index is 6590. The molecule has 6 heterocycles. The van der Waals surface area contributed by atoms with Gasteiger partial charge in [0.2, 0.25) is 0 Å². The first-order valence-electron chi connectivity index (χ1n) is 47.4. The Hall–Kier alpha value is -14.5.